The van der Waals surface area contributed by atoms with Crippen LogP contribution in [0.15, 0.2) is 91.0 Å². The van der Waals surface area contributed by atoms with Crippen LogP contribution in [0.1, 0.15) is 0 Å². The largest absolute Gasteiger partial charge is 0.181 e. The van der Waals surface area contributed by atoms with Gasteiger partial charge in [-0.05, 0) is 0 Å². The second kappa shape index (κ2) is 8.64. The van der Waals surface area contributed by atoms with Crippen molar-refractivity contribution in [2.75, 3.05) is 6.66 Å². The van der Waals surface area contributed by atoms with Crippen LogP contribution < -0.4 is 15.9 Å². The Balaban J connectivity index is 0.000000471. The van der Waals surface area contributed by atoms with Gasteiger partial charge in [0.05, 0.1) is 0 Å². The maximum Gasteiger partial charge on any atom is 0.181 e. The standard InChI is InChI=1S/C19H19P.C2N2/c1-20(17-11-5-2-6-12-17,18-13-7-3-8-14-18)19-15-9-4-10-16-19;3-1-2-4/h2-16,20H,1H3;. The van der Waals surface area contributed by atoms with Crippen molar-refractivity contribution in [2.45, 2.75) is 0 Å². The summed E-state index contributed by atoms with van der Waals surface area (Å²) in [4.78, 5) is 0. The molecule has 0 atom stereocenters. The van der Waals surface area contributed by atoms with Gasteiger partial charge in [0.15, 0.2) is 12.1 Å². The Kier molecular flexibility index (Phi) is 6.27. The fraction of sp³-hybridized carbons (Fsp3) is 0.0476. The number of benzene rings is 3. The molecule has 0 aliphatic heterocycles. The molecule has 0 saturated heterocycles. The maximum absolute atomic E-state index is 7.26. The van der Waals surface area contributed by atoms with Gasteiger partial charge < -0.3 is 0 Å². The Labute approximate surface area is 144 Å². The van der Waals surface area contributed by atoms with Crippen LogP contribution in [-0.2, 0) is 0 Å². The molecule has 0 N–H and O–H groups in total. The van der Waals surface area contributed by atoms with E-state index in [2.05, 4.69) is 97.7 Å². The summed E-state index contributed by atoms with van der Waals surface area (Å²) in [6, 6.07) is 35.2. The van der Waals surface area contributed by atoms with Crippen molar-refractivity contribution in [1.29, 1.82) is 10.5 Å². The van der Waals surface area contributed by atoms with Crippen LogP contribution in [0.4, 0.5) is 0 Å². The molecule has 2 nitrogen and oxygen atoms in total. The molecule has 0 aliphatic rings. The van der Waals surface area contributed by atoms with E-state index in [4.69, 9.17) is 10.5 Å². The van der Waals surface area contributed by atoms with Gasteiger partial charge in [-0.25, -0.2) is 0 Å². The molecule has 0 aliphatic carbocycles. The van der Waals surface area contributed by atoms with Gasteiger partial charge in [0.25, 0.3) is 0 Å². The zero-order valence-corrected chi connectivity index (χ0v) is 14.6. The predicted molar refractivity (Wildman–Crippen MR) is 104 cm³/mol. The molecule has 0 unspecified atom stereocenters. The van der Waals surface area contributed by atoms with Gasteiger partial charge in [-0.1, -0.05) is 0 Å². The zero-order valence-electron chi connectivity index (χ0n) is 13.6. The summed E-state index contributed by atoms with van der Waals surface area (Å²) in [7, 11) is -1.88. The van der Waals surface area contributed by atoms with Crippen molar-refractivity contribution in [3.05, 3.63) is 91.0 Å². The fourth-order valence-electron chi connectivity index (χ4n) is 2.81. The van der Waals surface area contributed by atoms with Crippen molar-refractivity contribution < 1.29 is 0 Å². The number of hydrogen-bond acceptors (Lipinski definition) is 2. The second-order valence-corrected chi connectivity index (χ2v) is 9.43. The molecule has 0 heterocycles. The average Bonchev–Trinajstić information content (AvgIpc) is 2.69. The van der Waals surface area contributed by atoms with Crippen LogP contribution in [-0.4, -0.2) is 6.66 Å². The third kappa shape index (κ3) is 3.88. The number of nitrogens with zero attached hydrogens (tertiary/aromatic N) is 2. The molecule has 0 aromatic heterocycles. The third-order valence-corrected chi connectivity index (χ3v) is 8.57. The van der Waals surface area contributed by atoms with Gasteiger partial charge in [-0.2, -0.15) is 10.5 Å². The van der Waals surface area contributed by atoms with Crippen LogP contribution in [0.5, 0.6) is 0 Å². The first-order valence-electron chi connectivity index (χ1n) is 7.68. The molecule has 0 spiro atoms. The SMILES string of the molecule is C[PH](c1ccccc1)(c1ccccc1)c1ccccc1.N#CC#N. The van der Waals surface area contributed by atoms with Crippen LogP contribution in [0.2, 0.25) is 0 Å². The van der Waals surface area contributed by atoms with Crippen molar-refractivity contribution in [1.82, 2.24) is 0 Å². The predicted octanol–water partition coefficient (Wildman–Crippen LogP) is 3.38. The quantitative estimate of drug-likeness (QED) is 0.691. The van der Waals surface area contributed by atoms with E-state index >= 15 is 0 Å². The van der Waals surface area contributed by atoms with Gasteiger partial charge in [-0.15, -0.1) is 0 Å². The molecule has 3 heteroatoms. The van der Waals surface area contributed by atoms with Crippen LogP contribution in [0.3, 0.4) is 0 Å². The van der Waals surface area contributed by atoms with Gasteiger partial charge in [0.2, 0.25) is 0 Å². The molecule has 3 rings (SSSR count). The smallest absolute Gasteiger partial charge is 0.181 e. The molecule has 3 aromatic carbocycles. The summed E-state index contributed by atoms with van der Waals surface area (Å²) in [6.45, 7) is 2.44. The van der Waals surface area contributed by atoms with Gasteiger partial charge in [-0.3, -0.25) is 0 Å². The Morgan fingerprint density at radius 2 is 0.792 bits per heavy atom. The molecule has 3 aromatic rings. The summed E-state index contributed by atoms with van der Waals surface area (Å²) in [5.41, 5.74) is 0. The Hall–Kier alpha value is -2.93. The summed E-state index contributed by atoms with van der Waals surface area (Å²) >= 11 is 0. The molecule has 118 valence electrons. The van der Waals surface area contributed by atoms with E-state index in [0.29, 0.717) is 0 Å². The van der Waals surface area contributed by atoms with E-state index in [1.165, 1.54) is 28.1 Å². The van der Waals surface area contributed by atoms with E-state index in [1.807, 2.05) is 0 Å². The first-order chi connectivity index (χ1) is 11.7. The fourth-order valence-corrected chi connectivity index (χ4v) is 6.39. The molecule has 0 bridgehead atoms. The van der Waals surface area contributed by atoms with Gasteiger partial charge in [0, 0.05) is 0 Å². The number of hydrogen-bond donors (Lipinski definition) is 0. The van der Waals surface area contributed by atoms with E-state index in [0.717, 1.165) is 0 Å². The van der Waals surface area contributed by atoms with Crippen molar-refractivity contribution >= 4 is 23.2 Å². The first-order valence-corrected chi connectivity index (χ1v) is 10.2. The molecule has 24 heavy (non-hydrogen) atoms. The zero-order chi connectivity index (χ0) is 17.3. The van der Waals surface area contributed by atoms with Crippen LogP contribution >= 0.6 is 7.26 Å². The van der Waals surface area contributed by atoms with Crippen molar-refractivity contribution in [3.63, 3.8) is 0 Å². The minimum absolute atomic E-state index is 1.24. The second-order valence-electron chi connectivity index (χ2n) is 5.45. The Morgan fingerprint density at radius 3 is 1.00 bits per heavy atom. The third-order valence-electron chi connectivity index (χ3n) is 4.10. The summed E-state index contributed by atoms with van der Waals surface area (Å²) in [5, 5.41) is 18.9. The van der Waals surface area contributed by atoms with Crippen LogP contribution in [0.25, 0.3) is 0 Å². The molecular weight excluding hydrogens is 311 g/mol. The van der Waals surface area contributed by atoms with Gasteiger partial charge in [0.1, 0.15) is 0 Å². The molecule has 0 radical (unpaired) electrons. The van der Waals surface area contributed by atoms with Crippen LogP contribution in [0, 0.1) is 22.7 Å². The number of rotatable bonds is 3. The number of nitriles is 2. The topological polar surface area (TPSA) is 47.6 Å². The summed E-state index contributed by atoms with van der Waals surface area (Å²) in [5.74, 6) is 0. The van der Waals surface area contributed by atoms with Crippen molar-refractivity contribution in [2.24, 2.45) is 0 Å². The van der Waals surface area contributed by atoms with E-state index in [-0.39, 0.29) is 0 Å². The van der Waals surface area contributed by atoms with Crippen molar-refractivity contribution in [3.8, 4) is 12.1 Å². The van der Waals surface area contributed by atoms with E-state index in [1.54, 1.807) is 0 Å². The molecule has 0 fully saturated rings. The normalized spacial score (nSPS) is 10.5. The first kappa shape index (κ1) is 17.4. The Morgan fingerprint density at radius 1 is 0.542 bits per heavy atom. The maximum atomic E-state index is 7.26. The molecule has 0 amide bonds. The van der Waals surface area contributed by atoms with Gasteiger partial charge >= 0.3 is 121 Å². The minimum Gasteiger partial charge on any atom is -0.181 e. The minimum atomic E-state index is -1.88. The molecule has 0 saturated carbocycles. The van der Waals surface area contributed by atoms with E-state index < -0.39 is 7.26 Å². The molecular formula is C21H19N2P. The summed E-state index contributed by atoms with van der Waals surface area (Å²) in [6.07, 6.45) is 0. The average molecular weight is 330 g/mol. The van der Waals surface area contributed by atoms with E-state index in [9.17, 15) is 0 Å². The Bertz CT molecular complexity index is 723. The monoisotopic (exact) mass is 330 g/mol. The summed E-state index contributed by atoms with van der Waals surface area (Å²) < 4.78 is 0.